The average molecular weight is 1030 g/mol. The number of aliphatic hydroxyl groups is 4. The molecule has 15 atom stereocenters. The number of carbonyl (C=O) groups excluding carboxylic acids is 5. The summed E-state index contributed by atoms with van der Waals surface area (Å²) in [5.74, 6) is -3.23. The minimum Gasteiger partial charge on any atom is -0.445 e. The van der Waals surface area contributed by atoms with E-state index in [2.05, 4.69) is 10.6 Å². The molecule has 20 heteroatoms. The van der Waals surface area contributed by atoms with Gasteiger partial charge in [-0.25, -0.2) is 4.79 Å². The third-order valence-electron chi connectivity index (χ3n) is 14.5. The fourth-order valence-corrected chi connectivity index (χ4v) is 10.1. The highest BCUT2D eigenvalue weighted by Crippen LogP contribution is 2.32. The van der Waals surface area contributed by atoms with Gasteiger partial charge in [-0.2, -0.15) is 0 Å². The van der Waals surface area contributed by atoms with Gasteiger partial charge >= 0.3 is 6.09 Å². The number of likely N-dealkylation sites (tertiary alicyclic amines) is 1. The second-order valence-electron chi connectivity index (χ2n) is 20.4. The van der Waals surface area contributed by atoms with E-state index in [1.165, 1.54) is 26.2 Å². The monoisotopic (exact) mass is 1030 g/mol. The lowest BCUT2D eigenvalue weighted by atomic mass is 9.89. The van der Waals surface area contributed by atoms with Crippen molar-refractivity contribution in [2.45, 2.75) is 167 Å². The molecule has 5 amide bonds. The van der Waals surface area contributed by atoms with E-state index in [1.54, 1.807) is 99.1 Å². The Balaban J connectivity index is 1.48. The summed E-state index contributed by atoms with van der Waals surface area (Å²) in [6, 6.07) is 12.0. The number of nitrogens with zero attached hydrogens (tertiary/aromatic N) is 3. The van der Waals surface area contributed by atoms with Crippen LogP contribution < -0.4 is 16.4 Å². The van der Waals surface area contributed by atoms with Gasteiger partial charge in [-0.05, 0) is 60.8 Å². The maximum Gasteiger partial charge on any atom is 0.410 e. The number of ether oxygens (including phenoxy) is 5. The molecule has 0 aliphatic carbocycles. The van der Waals surface area contributed by atoms with Crippen molar-refractivity contribution in [2.24, 2.45) is 23.7 Å². The van der Waals surface area contributed by atoms with E-state index in [0.29, 0.717) is 37.1 Å². The summed E-state index contributed by atoms with van der Waals surface area (Å²) >= 11 is 0. The Hall–Kier alpha value is -4.93. The maximum absolute atomic E-state index is 14.6. The standard InChI is InChI=1S/C53H84N6O14/c1-13-31(6)43(57(9)51(67)41(29(2)3)56-50(66)42(30(4)5)58(10)53(68)71-28-34-21-23-36(54)24-22-34)38(69-11)26-40(61)59-25-17-20-37(59)47(70-12)32(7)49(65)55-33(8)48(35-18-15-14-16-19-35)73-52-46(64)45(63)44(62)39(27-60)72-52/h14-16,18-19,21-24,29-33,37-39,41-48,52,60,62-64H,13,17,20,25-28,54H2,1-12H3,(H,55,65)(H,56,66)/t31?,32?,33?,37?,38?,39?,41?,42?,43?,44-,45?,46?,47?,48?,52?/m0/s1. The molecule has 8 N–H and O–H groups in total. The van der Waals surface area contributed by atoms with Crippen molar-refractivity contribution in [3.05, 3.63) is 65.7 Å². The number of rotatable bonds is 25. The Labute approximate surface area is 431 Å². The molecule has 2 saturated heterocycles. The fourth-order valence-electron chi connectivity index (χ4n) is 10.1. The van der Waals surface area contributed by atoms with Gasteiger partial charge in [0, 0.05) is 40.5 Å². The minimum atomic E-state index is -1.67. The number of methoxy groups -OCH3 is 2. The molecule has 0 aromatic heterocycles. The molecule has 2 aromatic rings. The molecule has 73 heavy (non-hydrogen) atoms. The summed E-state index contributed by atoms with van der Waals surface area (Å²) in [6.07, 6.45) is -8.98. The number of nitrogen functional groups attached to an aromatic ring is 1. The van der Waals surface area contributed by atoms with Gasteiger partial charge in [-0.15, -0.1) is 0 Å². The van der Waals surface area contributed by atoms with E-state index in [1.807, 2.05) is 27.7 Å². The van der Waals surface area contributed by atoms with Crippen LogP contribution in [0.4, 0.5) is 10.5 Å². The van der Waals surface area contributed by atoms with E-state index in [-0.39, 0.29) is 42.6 Å². The topological polar surface area (TPSA) is 272 Å². The Morgan fingerprint density at radius 3 is 2.04 bits per heavy atom. The number of nitrogens with two attached hydrogens (primary N) is 1. The summed E-state index contributed by atoms with van der Waals surface area (Å²) in [6.45, 7) is 14.4. The van der Waals surface area contributed by atoms with Crippen molar-refractivity contribution in [1.82, 2.24) is 25.3 Å². The van der Waals surface area contributed by atoms with Gasteiger partial charge < -0.3 is 70.3 Å². The maximum atomic E-state index is 14.6. The van der Waals surface area contributed by atoms with Crippen molar-refractivity contribution in [1.29, 1.82) is 0 Å². The first-order valence-electron chi connectivity index (χ1n) is 25.5. The van der Waals surface area contributed by atoms with Gasteiger partial charge in [0.1, 0.15) is 49.2 Å². The van der Waals surface area contributed by atoms with Crippen LogP contribution in [0.5, 0.6) is 0 Å². The molecule has 2 fully saturated rings. The first kappa shape index (κ1) is 60.6. The van der Waals surface area contributed by atoms with Crippen molar-refractivity contribution in [2.75, 3.05) is 47.2 Å². The zero-order valence-corrected chi connectivity index (χ0v) is 44.8. The third-order valence-corrected chi connectivity index (χ3v) is 14.5. The average Bonchev–Trinajstić information content (AvgIpc) is 3.86. The molecule has 2 aliphatic rings. The first-order chi connectivity index (χ1) is 34.5. The molecular weight excluding hydrogens is 945 g/mol. The van der Waals surface area contributed by atoms with Gasteiger partial charge in [0.25, 0.3) is 0 Å². The predicted octanol–water partition coefficient (Wildman–Crippen LogP) is 2.99. The lowest BCUT2D eigenvalue weighted by molar-refractivity contribution is -0.314. The quantitative estimate of drug-likeness (QED) is 0.0705. The second kappa shape index (κ2) is 28.1. The number of likely N-dealkylation sites (N-methyl/N-ethyl adjacent to an activating group) is 2. The van der Waals surface area contributed by atoms with Crippen LogP contribution in [0.3, 0.4) is 0 Å². The number of carbonyl (C=O) groups is 5. The zero-order valence-electron chi connectivity index (χ0n) is 44.8. The molecule has 20 nitrogen and oxygen atoms in total. The van der Waals surface area contributed by atoms with Gasteiger partial charge in [-0.3, -0.25) is 24.1 Å². The van der Waals surface area contributed by atoms with E-state index in [4.69, 9.17) is 29.4 Å². The summed E-state index contributed by atoms with van der Waals surface area (Å²) in [5.41, 5.74) is 7.70. The molecular formula is C53H84N6O14. The Bertz CT molecular complexity index is 2070. The van der Waals surface area contributed by atoms with Crippen molar-refractivity contribution < 1.29 is 68.1 Å². The van der Waals surface area contributed by atoms with E-state index < -0.39 is 110 Å². The largest absolute Gasteiger partial charge is 0.445 e. The van der Waals surface area contributed by atoms with E-state index in [9.17, 15) is 44.4 Å². The Morgan fingerprint density at radius 2 is 1.48 bits per heavy atom. The molecule has 2 heterocycles. The molecule has 0 bridgehead atoms. The van der Waals surface area contributed by atoms with Crippen LogP contribution in [-0.2, 0) is 49.5 Å². The van der Waals surface area contributed by atoms with Crippen LogP contribution in [0, 0.1) is 23.7 Å². The van der Waals surface area contributed by atoms with Crippen LogP contribution in [0.15, 0.2) is 54.6 Å². The first-order valence-corrected chi connectivity index (χ1v) is 25.5. The molecule has 0 spiro atoms. The summed E-state index contributed by atoms with van der Waals surface area (Å²) in [4.78, 5) is 75.2. The van der Waals surface area contributed by atoms with Crippen LogP contribution in [0.2, 0.25) is 0 Å². The lowest BCUT2D eigenvalue weighted by Gasteiger charge is -2.42. The van der Waals surface area contributed by atoms with Crippen LogP contribution in [0.1, 0.15) is 98.3 Å². The van der Waals surface area contributed by atoms with Crippen LogP contribution >= 0.6 is 0 Å². The minimum absolute atomic E-state index is 0.0252. The zero-order chi connectivity index (χ0) is 54.4. The number of hydrogen-bond acceptors (Lipinski definition) is 15. The normalized spacial score (nSPS) is 23.8. The Kier molecular flexibility index (Phi) is 23.3. The number of anilines is 1. The molecule has 0 radical (unpaired) electrons. The summed E-state index contributed by atoms with van der Waals surface area (Å²) in [7, 11) is 6.13. The highest BCUT2D eigenvalue weighted by Gasteiger charge is 2.47. The molecule has 4 rings (SSSR count). The van der Waals surface area contributed by atoms with Gasteiger partial charge in [0.15, 0.2) is 6.29 Å². The lowest BCUT2D eigenvalue weighted by Crippen LogP contribution is -2.60. The number of nitrogens with one attached hydrogen (secondary N) is 2. The molecule has 0 saturated carbocycles. The van der Waals surface area contributed by atoms with Gasteiger partial charge in [0.05, 0.1) is 49.3 Å². The predicted molar refractivity (Wildman–Crippen MR) is 272 cm³/mol. The van der Waals surface area contributed by atoms with Gasteiger partial charge in [0.2, 0.25) is 23.6 Å². The van der Waals surface area contributed by atoms with Crippen molar-refractivity contribution >= 4 is 35.4 Å². The summed E-state index contributed by atoms with van der Waals surface area (Å²) < 4.78 is 29.5. The van der Waals surface area contributed by atoms with Crippen molar-refractivity contribution in [3.63, 3.8) is 0 Å². The van der Waals surface area contributed by atoms with E-state index >= 15 is 0 Å². The molecule has 2 aliphatic heterocycles. The smallest absolute Gasteiger partial charge is 0.410 e. The number of amides is 5. The molecule has 410 valence electrons. The Morgan fingerprint density at radius 1 is 0.836 bits per heavy atom. The molecule has 2 aromatic carbocycles. The van der Waals surface area contributed by atoms with Gasteiger partial charge in [-0.1, -0.05) is 97.4 Å². The second-order valence-corrected chi connectivity index (χ2v) is 20.4. The van der Waals surface area contributed by atoms with Crippen LogP contribution in [-0.4, -0.2) is 179 Å². The van der Waals surface area contributed by atoms with Crippen LogP contribution in [0.25, 0.3) is 0 Å². The molecule has 14 unspecified atom stereocenters. The third kappa shape index (κ3) is 15.3. The highest BCUT2D eigenvalue weighted by atomic mass is 16.7. The van der Waals surface area contributed by atoms with Crippen molar-refractivity contribution in [3.8, 4) is 0 Å². The number of aliphatic hydroxyl groups excluding tert-OH is 4. The van der Waals surface area contributed by atoms with E-state index in [0.717, 1.165) is 5.56 Å². The fraction of sp³-hybridized carbons (Fsp3) is 0.679. The highest BCUT2D eigenvalue weighted by molar-refractivity contribution is 5.92. The number of hydrogen-bond donors (Lipinski definition) is 7. The SMILES string of the molecule is CCC(C)C(C(CC(=O)N1CCCC1C(OC)C(C)C(=O)NC(C)C(OC1OC(CO)[C@H](O)C(O)C1O)c1ccccc1)OC)N(C)C(=O)C(NC(=O)C(C(C)C)N(C)C(=O)OCc1ccc(N)cc1)C(C)C. The summed E-state index contributed by atoms with van der Waals surface area (Å²) in [5, 5.41) is 47.3. The number of benzene rings is 2.